The highest BCUT2D eigenvalue weighted by Gasteiger charge is 2.31. The van der Waals surface area contributed by atoms with Gasteiger partial charge in [-0.05, 0) is 18.2 Å². The fourth-order valence-electron chi connectivity index (χ4n) is 1.14. The van der Waals surface area contributed by atoms with Crippen molar-refractivity contribution in [2.45, 2.75) is 12.6 Å². The van der Waals surface area contributed by atoms with Crippen LogP contribution in [0.5, 0.6) is 0 Å². The van der Waals surface area contributed by atoms with Crippen molar-refractivity contribution in [3.63, 3.8) is 0 Å². The minimum Gasteiger partial charge on any atom is -0.399 e. The lowest BCUT2D eigenvalue weighted by atomic mass is 10.1. The van der Waals surface area contributed by atoms with E-state index in [9.17, 15) is 18.0 Å². The lowest BCUT2D eigenvalue weighted by molar-refractivity contribution is -0.150. The summed E-state index contributed by atoms with van der Waals surface area (Å²) in [4.78, 5) is 11.0. The van der Waals surface area contributed by atoms with E-state index >= 15 is 0 Å². The van der Waals surface area contributed by atoms with Gasteiger partial charge in [0.1, 0.15) is 12.5 Å². The minimum absolute atomic E-state index is 0.0101. The number of hydrogen-bond donors (Lipinski definition) is 2. The van der Waals surface area contributed by atoms with Crippen LogP contribution in [0.25, 0.3) is 0 Å². The number of nitrogens with two attached hydrogens (primary N) is 1. The van der Waals surface area contributed by atoms with Gasteiger partial charge in [0.15, 0.2) is 0 Å². The number of nitriles is 1. The van der Waals surface area contributed by atoms with Crippen LogP contribution in [0.4, 0.5) is 24.5 Å². The van der Waals surface area contributed by atoms with E-state index in [1.165, 1.54) is 18.2 Å². The molecule has 0 spiro atoms. The molecule has 1 rings (SSSR count). The van der Waals surface area contributed by atoms with Crippen molar-refractivity contribution in [1.29, 1.82) is 5.26 Å². The molecule has 7 heteroatoms. The maximum Gasteiger partial charge on any atom is 0.397 e. The van der Waals surface area contributed by atoms with Crippen LogP contribution in [0.2, 0.25) is 0 Å². The molecule has 0 unspecified atom stereocenters. The van der Waals surface area contributed by atoms with E-state index in [4.69, 9.17) is 11.0 Å². The molecular weight excluding hydrogens is 235 g/mol. The Morgan fingerprint density at radius 3 is 2.65 bits per heavy atom. The van der Waals surface area contributed by atoms with E-state index in [2.05, 4.69) is 0 Å². The minimum atomic E-state index is -4.58. The number of hydrogen-bond acceptors (Lipinski definition) is 3. The second-order valence-electron chi connectivity index (χ2n) is 3.26. The van der Waals surface area contributed by atoms with Gasteiger partial charge in [-0.2, -0.15) is 18.4 Å². The Morgan fingerprint density at radius 2 is 2.12 bits per heavy atom. The van der Waals surface area contributed by atoms with Crippen LogP contribution in [-0.4, -0.2) is 12.1 Å². The average molecular weight is 243 g/mol. The zero-order chi connectivity index (χ0) is 13.1. The normalized spacial score (nSPS) is 10.7. The summed E-state index contributed by atoms with van der Waals surface area (Å²) < 4.78 is 35.7. The van der Waals surface area contributed by atoms with Crippen molar-refractivity contribution in [1.82, 2.24) is 0 Å². The molecule has 0 aliphatic heterocycles. The number of anilines is 2. The number of nitrogens with one attached hydrogen (secondary N) is 1. The second-order valence-corrected chi connectivity index (χ2v) is 3.26. The Balaban J connectivity index is 2.83. The molecular formula is C10H8F3N3O. The van der Waals surface area contributed by atoms with E-state index in [0.29, 0.717) is 0 Å². The molecule has 0 saturated heterocycles. The number of rotatable bonds is 2. The topological polar surface area (TPSA) is 78.9 Å². The number of nitrogens with zero attached hydrogens (tertiary/aromatic N) is 1. The Kier molecular flexibility index (Phi) is 3.58. The molecule has 1 aromatic rings. The molecule has 90 valence electrons. The van der Waals surface area contributed by atoms with Gasteiger partial charge in [-0.25, -0.2) is 0 Å². The highest BCUT2D eigenvalue weighted by molar-refractivity contribution is 5.92. The third-order valence-electron chi connectivity index (χ3n) is 1.80. The SMILES string of the molecule is N#Cc1cc(N)ccc1NC(=O)CC(F)(F)F. The lowest BCUT2D eigenvalue weighted by Gasteiger charge is -2.09. The number of amides is 1. The summed E-state index contributed by atoms with van der Waals surface area (Å²) in [7, 11) is 0. The Labute approximate surface area is 94.8 Å². The molecule has 0 bridgehead atoms. The molecule has 0 fully saturated rings. The van der Waals surface area contributed by atoms with Crippen molar-refractivity contribution in [2.24, 2.45) is 0 Å². The maximum atomic E-state index is 11.9. The van der Waals surface area contributed by atoms with Crippen molar-refractivity contribution in [3.8, 4) is 6.07 Å². The zero-order valence-electron chi connectivity index (χ0n) is 8.51. The van der Waals surface area contributed by atoms with Gasteiger partial charge in [0.2, 0.25) is 5.91 Å². The Morgan fingerprint density at radius 1 is 1.47 bits per heavy atom. The van der Waals surface area contributed by atoms with E-state index < -0.39 is 18.5 Å². The predicted molar refractivity (Wildman–Crippen MR) is 54.9 cm³/mol. The monoisotopic (exact) mass is 243 g/mol. The van der Waals surface area contributed by atoms with Crippen LogP contribution >= 0.6 is 0 Å². The predicted octanol–water partition coefficient (Wildman–Crippen LogP) is 2.03. The molecule has 0 heterocycles. The molecule has 4 nitrogen and oxygen atoms in total. The molecule has 0 radical (unpaired) electrons. The van der Waals surface area contributed by atoms with E-state index in [1.54, 1.807) is 6.07 Å². The van der Waals surface area contributed by atoms with Crippen LogP contribution in [0, 0.1) is 11.3 Å². The van der Waals surface area contributed by atoms with E-state index in [-0.39, 0.29) is 16.9 Å². The summed E-state index contributed by atoms with van der Waals surface area (Å²) in [6.45, 7) is 0. The van der Waals surface area contributed by atoms with Gasteiger partial charge in [-0.15, -0.1) is 0 Å². The van der Waals surface area contributed by atoms with Crippen LogP contribution < -0.4 is 11.1 Å². The lowest BCUT2D eigenvalue weighted by Crippen LogP contribution is -2.21. The number of benzene rings is 1. The van der Waals surface area contributed by atoms with Gasteiger partial charge in [-0.1, -0.05) is 0 Å². The van der Waals surface area contributed by atoms with Crippen molar-refractivity contribution in [3.05, 3.63) is 23.8 Å². The summed E-state index contributed by atoms with van der Waals surface area (Å²) in [5.41, 5.74) is 5.70. The van der Waals surface area contributed by atoms with Gasteiger partial charge < -0.3 is 11.1 Å². The number of nitrogen functional groups attached to an aromatic ring is 1. The molecule has 17 heavy (non-hydrogen) atoms. The first kappa shape index (κ1) is 12.8. The number of halogens is 3. The highest BCUT2D eigenvalue weighted by atomic mass is 19.4. The molecule has 0 aromatic heterocycles. The first-order valence-electron chi connectivity index (χ1n) is 4.48. The van der Waals surface area contributed by atoms with Crippen molar-refractivity contribution in [2.75, 3.05) is 11.1 Å². The standard InChI is InChI=1S/C10H8F3N3O/c11-10(12,13)4-9(17)16-8-2-1-7(15)3-6(8)5-14/h1-3H,4,15H2,(H,16,17). The second kappa shape index (κ2) is 4.74. The van der Waals surface area contributed by atoms with Crippen LogP contribution in [-0.2, 0) is 4.79 Å². The Hall–Kier alpha value is -2.23. The van der Waals surface area contributed by atoms with E-state index in [0.717, 1.165) is 0 Å². The van der Waals surface area contributed by atoms with Gasteiger partial charge >= 0.3 is 6.18 Å². The van der Waals surface area contributed by atoms with Crippen molar-refractivity contribution >= 4 is 17.3 Å². The molecule has 0 aliphatic rings. The average Bonchev–Trinajstić information content (AvgIpc) is 2.17. The van der Waals surface area contributed by atoms with E-state index in [1.807, 2.05) is 5.32 Å². The molecule has 1 amide bonds. The largest absolute Gasteiger partial charge is 0.399 e. The molecule has 0 aliphatic carbocycles. The van der Waals surface area contributed by atoms with Crippen molar-refractivity contribution < 1.29 is 18.0 Å². The zero-order valence-corrected chi connectivity index (χ0v) is 8.51. The van der Waals surface area contributed by atoms with Crippen LogP contribution in [0.1, 0.15) is 12.0 Å². The number of alkyl halides is 3. The van der Waals surface area contributed by atoms with Gasteiger partial charge in [0.05, 0.1) is 11.3 Å². The summed E-state index contributed by atoms with van der Waals surface area (Å²) >= 11 is 0. The molecule has 0 atom stereocenters. The fraction of sp³-hybridized carbons (Fsp3) is 0.200. The maximum absolute atomic E-state index is 11.9. The third-order valence-corrected chi connectivity index (χ3v) is 1.80. The molecule has 0 saturated carbocycles. The molecule has 3 N–H and O–H groups in total. The molecule has 1 aromatic carbocycles. The summed E-state index contributed by atoms with van der Waals surface area (Å²) in [6.07, 6.45) is -6.17. The Bertz CT molecular complexity index is 477. The summed E-state index contributed by atoms with van der Waals surface area (Å²) in [5, 5.41) is 10.7. The summed E-state index contributed by atoms with van der Waals surface area (Å²) in [5.74, 6) is -1.22. The fourth-order valence-corrected chi connectivity index (χ4v) is 1.14. The van der Waals surface area contributed by atoms with Gasteiger partial charge in [0, 0.05) is 5.69 Å². The van der Waals surface area contributed by atoms with Gasteiger partial charge in [0.25, 0.3) is 0 Å². The number of carbonyl (C=O) groups excluding carboxylic acids is 1. The third kappa shape index (κ3) is 4.03. The van der Waals surface area contributed by atoms with Crippen LogP contribution in [0.15, 0.2) is 18.2 Å². The van der Waals surface area contributed by atoms with Crippen LogP contribution in [0.3, 0.4) is 0 Å². The summed E-state index contributed by atoms with van der Waals surface area (Å²) in [6, 6.07) is 5.65. The highest BCUT2D eigenvalue weighted by Crippen LogP contribution is 2.22. The smallest absolute Gasteiger partial charge is 0.397 e. The quantitative estimate of drug-likeness (QED) is 0.780. The number of carbonyl (C=O) groups is 1. The first-order chi connectivity index (χ1) is 7.81. The first-order valence-corrected chi connectivity index (χ1v) is 4.48. The van der Waals surface area contributed by atoms with Gasteiger partial charge in [-0.3, -0.25) is 4.79 Å².